The number of fused-ring (bicyclic) bond motifs is 1. The Balaban J connectivity index is 1.89. The van der Waals surface area contributed by atoms with Crippen LogP contribution in [0.15, 0.2) is 42.5 Å². The number of anilines is 1. The summed E-state index contributed by atoms with van der Waals surface area (Å²) in [6.45, 7) is -2.53. The van der Waals surface area contributed by atoms with Gasteiger partial charge in [0.05, 0.1) is 12.2 Å². The third-order valence-electron chi connectivity index (χ3n) is 3.17. The molecule has 110 valence electrons. The van der Waals surface area contributed by atoms with Crippen LogP contribution in [0.3, 0.4) is 0 Å². The minimum absolute atomic E-state index is 0.0548. The van der Waals surface area contributed by atoms with Crippen LogP contribution in [0, 0.1) is 5.82 Å². The van der Waals surface area contributed by atoms with Crippen molar-refractivity contribution in [2.45, 2.75) is 12.7 Å². The van der Waals surface area contributed by atoms with Crippen molar-refractivity contribution in [1.82, 2.24) is 0 Å². The fourth-order valence-corrected chi connectivity index (χ4v) is 2.26. The Morgan fingerprint density at radius 3 is 2.81 bits per heavy atom. The summed E-state index contributed by atoms with van der Waals surface area (Å²) < 4.78 is 48.3. The second-order valence-electron chi connectivity index (χ2n) is 4.54. The minimum atomic E-state index is -2.91. The zero-order chi connectivity index (χ0) is 14.8. The molecule has 0 bridgehead atoms. The molecule has 21 heavy (non-hydrogen) atoms. The van der Waals surface area contributed by atoms with E-state index in [4.69, 9.17) is 4.74 Å². The number of benzene rings is 2. The van der Waals surface area contributed by atoms with Gasteiger partial charge in [0.25, 0.3) is 0 Å². The summed E-state index contributed by atoms with van der Waals surface area (Å²) in [7, 11) is 0. The number of rotatable bonds is 3. The highest BCUT2D eigenvalue weighted by Crippen LogP contribution is 2.37. The van der Waals surface area contributed by atoms with Crippen LogP contribution in [0.5, 0.6) is 11.5 Å². The van der Waals surface area contributed by atoms with Gasteiger partial charge in [-0.25, -0.2) is 4.39 Å². The molecular formula is C15H12F3NO2. The van der Waals surface area contributed by atoms with Gasteiger partial charge in [0, 0.05) is 11.6 Å². The topological polar surface area (TPSA) is 30.5 Å². The molecule has 3 rings (SSSR count). The lowest BCUT2D eigenvalue weighted by Crippen LogP contribution is -2.24. The van der Waals surface area contributed by atoms with E-state index in [2.05, 4.69) is 10.1 Å². The van der Waals surface area contributed by atoms with Crippen LogP contribution in [-0.2, 0) is 0 Å². The number of hydrogen-bond acceptors (Lipinski definition) is 3. The highest BCUT2D eigenvalue weighted by Gasteiger charge is 2.24. The second-order valence-corrected chi connectivity index (χ2v) is 4.54. The van der Waals surface area contributed by atoms with E-state index >= 15 is 0 Å². The molecule has 0 fully saturated rings. The molecule has 0 aromatic heterocycles. The van der Waals surface area contributed by atoms with Gasteiger partial charge in [0.15, 0.2) is 0 Å². The molecule has 0 saturated carbocycles. The maximum absolute atomic E-state index is 13.2. The molecule has 1 N–H and O–H groups in total. The number of nitrogens with one attached hydrogen (secondary N) is 1. The standard InChI is InChI=1S/C15H12F3NO2/c16-9-5-6-11-13(7-9)20-14(8-19-11)10-3-1-2-4-12(10)21-15(17)18/h1-7,14-15,19H,8H2. The van der Waals surface area contributed by atoms with Crippen molar-refractivity contribution < 1.29 is 22.6 Å². The average molecular weight is 295 g/mol. The lowest BCUT2D eigenvalue weighted by Gasteiger charge is -2.28. The Bertz CT molecular complexity index is 649. The number of halogens is 3. The largest absolute Gasteiger partial charge is 0.481 e. The summed E-state index contributed by atoms with van der Waals surface area (Å²) in [6.07, 6.45) is -0.533. The van der Waals surface area contributed by atoms with Crippen molar-refractivity contribution in [2.24, 2.45) is 0 Å². The van der Waals surface area contributed by atoms with Crippen molar-refractivity contribution in [3.8, 4) is 11.5 Å². The van der Waals surface area contributed by atoms with Crippen molar-refractivity contribution in [1.29, 1.82) is 0 Å². The highest BCUT2D eigenvalue weighted by atomic mass is 19.3. The number of ether oxygens (including phenoxy) is 2. The summed E-state index contributed by atoms with van der Waals surface area (Å²) in [6, 6.07) is 10.6. The van der Waals surface area contributed by atoms with E-state index in [1.54, 1.807) is 24.3 Å². The first-order chi connectivity index (χ1) is 10.1. The maximum atomic E-state index is 13.2. The predicted octanol–water partition coefficient (Wildman–Crippen LogP) is 3.97. The Hall–Kier alpha value is -2.37. The molecule has 0 aliphatic carbocycles. The van der Waals surface area contributed by atoms with E-state index in [1.165, 1.54) is 18.2 Å². The zero-order valence-corrected chi connectivity index (χ0v) is 10.9. The van der Waals surface area contributed by atoms with Gasteiger partial charge in [-0.3, -0.25) is 0 Å². The van der Waals surface area contributed by atoms with Crippen LogP contribution in [-0.4, -0.2) is 13.2 Å². The number of alkyl halides is 2. The van der Waals surface area contributed by atoms with Crippen molar-refractivity contribution in [2.75, 3.05) is 11.9 Å². The van der Waals surface area contributed by atoms with Gasteiger partial charge in [0.1, 0.15) is 23.4 Å². The van der Waals surface area contributed by atoms with E-state index in [0.29, 0.717) is 23.5 Å². The molecule has 1 heterocycles. The van der Waals surface area contributed by atoms with Gasteiger partial charge in [-0.05, 0) is 18.2 Å². The predicted molar refractivity (Wildman–Crippen MR) is 71.3 cm³/mol. The lowest BCUT2D eigenvalue weighted by atomic mass is 10.1. The third-order valence-corrected chi connectivity index (χ3v) is 3.17. The van der Waals surface area contributed by atoms with Gasteiger partial charge in [-0.2, -0.15) is 8.78 Å². The fourth-order valence-electron chi connectivity index (χ4n) is 2.26. The van der Waals surface area contributed by atoms with E-state index in [0.717, 1.165) is 0 Å². The molecule has 3 nitrogen and oxygen atoms in total. The maximum Gasteiger partial charge on any atom is 0.387 e. The van der Waals surface area contributed by atoms with Gasteiger partial charge in [0.2, 0.25) is 0 Å². The molecule has 0 radical (unpaired) electrons. The Morgan fingerprint density at radius 2 is 2.00 bits per heavy atom. The smallest absolute Gasteiger partial charge is 0.387 e. The summed E-state index contributed by atoms with van der Waals surface area (Å²) in [5, 5.41) is 3.08. The van der Waals surface area contributed by atoms with E-state index in [-0.39, 0.29) is 5.75 Å². The van der Waals surface area contributed by atoms with E-state index in [9.17, 15) is 13.2 Å². The van der Waals surface area contributed by atoms with Gasteiger partial charge >= 0.3 is 6.61 Å². The van der Waals surface area contributed by atoms with Gasteiger partial charge in [-0.15, -0.1) is 0 Å². The molecular weight excluding hydrogens is 283 g/mol. The van der Waals surface area contributed by atoms with E-state index < -0.39 is 18.5 Å². The zero-order valence-electron chi connectivity index (χ0n) is 10.9. The number of para-hydroxylation sites is 1. The summed E-state index contributed by atoms with van der Waals surface area (Å²) in [5.74, 6) is -0.0226. The molecule has 1 atom stereocenters. The average Bonchev–Trinajstić information content (AvgIpc) is 2.46. The first-order valence-electron chi connectivity index (χ1n) is 6.37. The van der Waals surface area contributed by atoms with Crippen molar-refractivity contribution in [3.63, 3.8) is 0 Å². The molecule has 1 aliphatic rings. The molecule has 2 aromatic rings. The molecule has 1 aliphatic heterocycles. The second kappa shape index (κ2) is 5.55. The molecule has 6 heteroatoms. The Morgan fingerprint density at radius 1 is 1.19 bits per heavy atom. The van der Waals surface area contributed by atoms with Gasteiger partial charge < -0.3 is 14.8 Å². The fraction of sp³-hybridized carbons (Fsp3) is 0.200. The SMILES string of the molecule is Fc1ccc2c(c1)OC(c1ccccc1OC(F)F)CN2. The van der Waals surface area contributed by atoms with Crippen LogP contribution in [0.4, 0.5) is 18.9 Å². The highest BCUT2D eigenvalue weighted by molar-refractivity contribution is 5.58. The quantitative estimate of drug-likeness (QED) is 0.929. The minimum Gasteiger partial charge on any atom is -0.481 e. The monoisotopic (exact) mass is 295 g/mol. The Labute approximate surface area is 119 Å². The molecule has 2 aromatic carbocycles. The summed E-state index contributed by atoms with van der Waals surface area (Å²) >= 11 is 0. The van der Waals surface area contributed by atoms with Crippen LogP contribution >= 0.6 is 0 Å². The summed E-state index contributed by atoms with van der Waals surface area (Å²) in [5.41, 5.74) is 1.15. The first-order valence-corrected chi connectivity index (χ1v) is 6.37. The first kappa shape index (κ1) is 13.6. The third kappa shape index (κ3) is 2.89. The lowest BCUT2D eigenvalue weighted by molar-refractivity contribution is -0.0513. The molecule has 0 spiro atoms. The van der Waals surface area contributed by atoms with Crippen molar-refractivity contribution >= 4 is 5.69 Å². The van der Waals surface area contributed by atoms with Crippen LogP contribution < -0.4 is 14.8 Å². The molecule has 0 amide bonds. The van der Waals surface area contributed by atoms with Gasteiger partial charge in [-0.1, -0.05) is 18.2 Å². The Kier molecular flexibility index (Phi) is 3.60. The van der Waals surface area contributed by atoms with E-state index in [1.807, 2.05) is 0 Å². The van der Waals surface area contributed by atoms with Crippen LogP contribution in [0.25, 0.3) is 0 Å². The normalized spacial score (nSPS) is 16.9. The molecule has 0 saturated heterocycles. The van der Waals surface area contributed by atoms with Crippen molar-refractivity contribution in [3.05, 3.63) is 53.8 Å². The molecule has 1 unspecified atom stereocenters. The van der Waals surface area contributed by atoms with Crippen LogP contribution in [0.2, 0.25) is 0 Å². The van der Waals surface area contributed by atoms with Crippen LogP contribution in [0.1, 0.15) is 11.7 Å². The summed E-state index contributed by atoms with van der Waals surface area (Å²) in [4.78, 5) is 0. The number of hydrogen-bond donors (Lipinski definition) is 1.